The third-order valence-corrected chi connectivity index (χ3v) is 0.909. The molecule has 0 aliphatic carbocycles. The van der Waals surface area contributed by atoms with Gasteiger partial charge in [0.2, 0.25) is 0 Å². The van der Waals surface area contributed by atoms with Crippen LogP contribution >= 0.6 is 0 Å². The van der Waals surface area contributed by atoms with E-state index in [1.54, 1.807) is 0 Å². The lowest BCUT2D eigenvalue weighted by Crippen LogP contribution is -2.40. The largest absolute Gasteiger partial charge is 0.449 e. The molecular weight excluding hydrogens is 110 g/mol. The number of cyclic esters (lactones) is 1. The standard InChI is InChI=1S/C4H7NO3/c6-3-1-2-8-4(7)5-3/h3,6H,1-2H2,(H,5,7). The van der Waals surface area contributed by atoms with Gasteiger partial charge in [0.15, 0.2) is 0 Å². The lowest BCUT2D eigenvalue weighted by atomic mass is 10.4. The first-order valence-corrected chi connectivity index (χ1v) is 2.40. The van der Waals surface area contributed by atoms with Crippen LogP contribution in [0.2, 0.25) is 0 Å². The summed E-state index contributed by atoms with van der Waals surface area (Å²) < 4.78 is 4.44. The lowest BCUT2D eigenvalue weighted by Gasteiger charge is -2.17. The normalized spacial score (nSPS) is 28.6. The van der Waals surface area contributed by atoms with Gasteiger partial charge in [-0.05, 0) is 0 Å². The molecule has 0 bridgehead atoms. The maximum atomic E-state index is 10.2. The Kier molecular flexibility index (Phi) is 1.34. The number of aliphatic hydroxyl groups is 1. The summed E-state index contributed by atoms with van der Waals surface area (Å²) in [5.74, 6) is 0. The molecule has 4 nitrogen and oxygen atoms in total. The number of aliphatic hydroxyl groups excluding tert-OH is 1. The smallest absolute Gasteiger partial charge is 0.409 e. The van der Waals surface area contributed by atoms with Crippen molar-refractivity contribution in [3.63, 3.8) is 0 Å². The van der Waals surface area contributed by atoms with Crippen molar-refractivity contribution in [3.8, 4) is 0 Å². The number of alkyl carbamates (subject to hydrolysis) is 1. The molecule has 1 saturated heterocycles. The molecule has 0 spiro atoms. The van der Waals surface area contributed by atoms with Gasteiger partial charge in [-0.2, -0.15) is 0 Å². The zero-order valence-electron chi connectivity index (χ0n) is 4.26. The summed E-state index contributed by atoms with van der Waals surface area (Å²) in [6.45, 7) is 0.312. The average Bonchev–Trinajstić information content (AvgIpc) is 1.64. The van der Waals surface area contributed by atoms with Crippen LogP contribution in [0.5, 0.6) is 0 Å². The number of ether oxygens (including phenoxy) is 1. The first kappa shape index (κ1) is 5.37. The second-order valence-electron chi connectivity index (χ2n) is 1.58. The maximum Gasteiger partial charge on any atom is 0.409 e. The quantitative estimate of drug-likeness (QED) is 0.447. The van der Waals surface area contributed by atoms with E-state index in [4.69, 9.17) is 5.11 Å². The molecule has 1 heterocycles. The number of carbonyl (C=O) groups excluding carboxylic acids is 1. The van der Waals surface area contributed by atoms with E-state index < -0.39 is 12.3 Å². The SMILES string of the molecule is O=C1NC(O)CCO1. The molecule has 1 atom stereocenters. The lowest BCUT2D eigenvalue weighted by molar-refractivity contribution is 0.0443. The number of hydrogen-bond donors (Lipinski definition) is 2. The Morgan fingerprint density at radius 3 is 3.00 bits per heavy atom. The van der Waals surface area contributed by atoms with Gasteiger partial charge in [0.05, 0.1) is 6.61 Å². The Morgan fingerprint density at radius 1 is 1.88 bits per heavy atom. The third kappa shape index (κ3) is 1.10. The number of nitrogens with one attached hydrogen (secondary N) is 1. The highest BCUT2D eigenvalue weighted by Gasteiger charge is 2.14. The summed E-state index contributed by atoms with van der Waals surface area (Å²) in [4.78, 5) is 10.2. The van der Waals surface area contributed by atoms with Crippen LogP contribution in [-0.2, 0) is 4.74 Å². The van der Waals surface area contributed by atoms with Crippen LogP contribution in [0.4, 0.5) is 4.79 Å². The summed E-state index contributed by atoms with van der Waals surface area (Å²) >= 11 is 0. The Hall–Kier alpha value is -0.770. The molecule has 0 saturated carbocycles. The molecule has 1 aliphatic heterocycles. The van der Waals surface area contributed by atoms with Gasteiger partial charge in [-0.15, -0.1) is 0 Å². The molecule has 4 heteroatoms. The summed E-state index contributed by atoms with van der Waals surface area (Å²) in [7, 11) is 0. The molecule has 1 amide bonds. The van der Waals surface area contributed by atoms with E-state index in [2.05, 4.69) is 10.1 Å². The van der Waals surface area contributed by atoms with Crippen LogP contribution in [0.3, 0.4) is 0 Å². The highest BCUT2D eigenvalue weighted by Crippen LogP contribution is 1.95. The summed E-state index contributed by atoms with van der Waals surface area (Å²) in [6, 6.07) is 0. The van der Waals surface area contributed by atoms with Gasteiger partial charge in [0.25, 0.3) is 0 Å². The average molecular weight is 117 g/mol. The van der Waals surface area contributed by atoms with E-state index in [1.165, 1.54) is 0 Å². The third-order valence-electron chi connectivity index (χ3n) is 0.909. The molecule has 2 N–H and O–H groups in total. The van der Waals surface area contributed by atoms with Crippen molar-refractivity contribution >= 4 is 6.09 Å². The first-order valence-electron chi connectivity index (χ1n) is 2.40. The number of amides is 1. The molecule has 0 radical (unpaired) electrons. The van der Waals surface area contributed by atoms with Crippen molar-refractivity contribution in [1.82, 2.24) is 5.32 Å². The highest BCUT2D eigenvalue weighted by molar-refractivity contribution is 5.67. The topological polar surface area (TPSA) is 58.6 Å². The van der Waals surface area contributed by atoms with Crippen LogP contribution < -0.4 is 5.32 Å². The zero-order valence-corrected chi connectivity index (χ0v) is 4.26. The molecule has 1 rings (SSSR count). The maximum absolute atomic E-state index is 10.2. The van der Waals surface area contributed by atoms with Gasteiger partial charge in [-0.1, -0.05) is 0 Å². The summed E-state index contributed by atoms with van der Waals surface area (Å²) in [5, 5.41) is 10.8. The number of hydrogen-bond acceptors (Lipinski definition) is 3. The molecule has 1 aliphatic rings. The van der Waals surface area contributed by atoms with Crippen molar-refractivity contribution in [1.29, 1.82) is 0 Å². The summed E-state index contributed by atoms with van der Waals surface area (Å²) in [6.07, 6.45) is -0.772. The van der Waals surface area contributed by atoms with E-state index in [9.17, 15) is 4.79 Å². The Bertz CT molecular complexity index is 103. The van der Waals surface area contributed by atoms with Gasteiger partial charge in [0.1, 0.15) is 6.23 Å². The monoisotopic (exact) mass is 117 g/mol. The molecule has 0 aromatic heterocycles. The van der Waals surface area contributed by atoms with E-state index in [-0.39, 0.29) is 0 Å². The molecule has 1 fully saturated rings. The minimum atomic E-state index is -0.712. The minimum Gasteiger partial charge on any atom is -0.449 e. The van der Waals surface area contributed by atoms with Crippen molar-refractivity contribution in [3.05, 3.63) is 0 Å². The van der Waals surface area contributed by atoms with E-state index in [1.807, 2.05) is 0 Å². The Morgan fingerprint density at radius 2 is 2.62 bits per heavy atom. The van der Waals surface area contributed by atoms with Crippen LogP contribution in [0, 0.1) is 0 Å². The van der Waals surface area contributed by atoms with E-state index in [0.29, 0.717) is 13.0 Å². The second kappa shape index (κ2) is 2.00. The van der Waals surface area contributed by atoms with E-state index >= 15 is 0 Å². The van der Waals surface area contributed by atoms with Crippen LogP contribution in [-0.4, -0.2) is 24.0 Å². The Labute approximate surface area is 46.4 Å². The molecule has 1 unspecified atom stereocenters. The predicted octanol–water partition coefficient (Wildman–Crippen LogP) is -0.565. The molecular formula is C4H7NO3. The number of carbonyl (C=O) groups is 1. The molecule has 8 heavy (non-hydrogen) atoms. The van der Waals surface area contributed by atoms with Crippen LogP contribution in [0.1, 0.15) is 6.42 Å². The molecule has 0 aromatic rings. The first-order chi connectivity index (χ1) is 3.79. The van der Waals surface area contributed by atoms with Gasteiger partial charge in [-0.25, -0.2) is 4.79 Å². The highest BCUT2D eigenvalue weighted by atomic mass is 16.6. The fourth-order valence-corrected chi connectivity index (χ4v) is 0.513. The fourth-order valence-electron chi connectivity index (χ4n) is 0.513. The van der Waals surface area contributed by atoms with E-state index in [0.717, 1.165) is 0 Å². The van der Waals surface area contributed by atoms with Crippen molar-refractivity contribution in [2.45, 2.75) is 12.6 Å². The Balaban J connectivity index is 2.34. The second-order valence-corrected chi connectivity index (χ2v) is 1.58. The van der Waals surface area contributed by atoms with Gasteiger partial charge in [0, 0.05) is 6.42 Å². The van der Waals surface area contributed by atoms with Gasteiger partial charge < -0.3 is 9.84 Å². The van der Waals surface area contributed by atoms with Crippen molar-refractivity contribution in [2.75, 3.05) is 6.61 Å². The van der Waals surface area contributed by atoms with Crippen LogP contribution in [0.15, 0.2) is 0 Å². The van der Waals surface area contributed by atoms with Gasteiger partial charge >= 0.3 is 6.09 Å². The zero-order chi connectivity index (χ0) is 5.98. The fraction of sp³-hybridized carbons (Fsp3) is 0.750. The van der Waals surface area contributed by atoms with Crippen molar-refractivity contribution < 1.29 is 14.6 Å². The minimum absolute atomic E-state index is 0.312. The predicted molar refractivity (Wildman–Crippen MR) is 25.1 cm³/mol. The molecule has 46 valence electrons. The number of rotatable bonds is 0. The van der Waals surface area contributed by atoms with Crippen molar-refractivity contribution in [2.24, 2.45) is 0 Å². The molecule has 0 aromatic carbocycles. The summed E-state index contributed by atoms with van der Waals surface area (Å²) in [5.41, 5.74) is 0. The van der Waals surface area contributed by atoms with Crippen LogP contribution in [0.25, 0.3) is 0 Å². The van der Waals surface area contributed by atoms with Gasteiger partial charge in [-0.3, -0.25) is 5.32 Å².